The van der Waals surface area contributed by atoms with Gasteiger partial charge in [-0.15, -0.1) is 0 Å². The second kappa shape index (κ2) is 11.5. The molecule has 0 atom stereocenters. The normalized spacial score (nSPS) is 14.5. The zero-order chi connectivity index (χ0) is 21.3. The molecule has 1 aliphatic rings. The highest BCUT2D eigenvalue weighted by Gasteiger charge is 2.11. The molecule has 9 heteroatoms. The Kier molecular flexibility index (Phi) is 8.74. The molecule has 162 valence electrons. The zero-order valence-corrected chi connectivity index (χ0v) is 19.0. The maximum absolute atomic E-state index is 12.5. The van der Waals surface area contributed by atoms with Crippen molar-refractivity contribution in [2.75, 3.05) is 58.4 Å². The van der Waals surface area contributed by atoms with Crippen LogP contribution in [0.3, 0.4) is 0 Å². The summed E-state index contributed by atoms with van der Waals surface area (Å²) in [6.45, 7) is 5.19. The Bertz CT molecular complexity index is 846. The number of morpholine rings is 1. The summed E-state index contributed by atoms with van der Waals surface area (Å²) in [7, 11) is 3.83. The molecule has 1 N–H and O–H groups in total. The molecule has 0 saturated carbocycles. The predicted molar refractivity (Wildman–Crippen MR) is 122 cm³/mol. The Labute approximate surface area is 187 Å². The second-order valence-electron chi connectivity index (χ2n) is 7.28. The molecule has 1 saturated heterocycles. The zero-order valence-electron chi connectivity index (χ0n) is 17.4. The highest BCUT2D eigenvalue weighted by atomic mass is 35.5. The van der Waals surface area contributed by atoms with Gasteiger partial charge in [0.1, 0.15) is 11.0 Å². The maximum Gasteiger partial charge on any atom is 0.251 e. The molecule has 1 aliphatic heterocycles. The van der Waals surface area contributed by atoms with E-state index in [-0.39, 0.29) is 5.91 Å². The number of anilines is 1. The van der Waals surface area contributed by atoms with Gasteiger partial charge in [-0.1, -0.05) is 35.5 Å². The summed E-state index contributed by atoms with van der Waals surface area (Å²) in [6, 6.07) is 9.39. The Balaban J connectivity index is 1.48. The third kappa shape index (κ3) is 7.12. The van der Waals surface area contributed by atoms with Gasteiger partial charge in [0, 0.05) is 51.1 Å². The van der Waals surface area contributed by atoms with Crippen LogP contribution >= 0.6 is 23.4 Å². The van der Waals surface area contributed by atoms with E-state index >= 15 is 0 Å². The smallest absolute Gasteiger partial charge is 0.251 e. The van der Waals surface area contributed by atoms with Crippen LogP contribution in [-0.2, 0) is 10.5 Å². The van der Waals surface area contributed by atoms with Crippen LogP contribution in [0.1, 0.15) is 22.3 Å². The predicted octanol–water partition coefficient (Wildman–Crippen LogP) is 2.94. The summed E-state index contributed by atoms with van der Waals surface area (Å²) in [4.78, 5) is 25.5. The summed E-state index contributed by atoms with van der Waals surface area (Å²) in [5.74, 6) is 1.38. The molecular formula is C21H28ClN5O2S. The van der Waals surface area contributed by atoms with Gasteiger partial charge in [0.05, 0.1) is 13.2 Å². The summed E-state index contributed by atoms with van der Waals surface area (Å²) < 4.78 is 5.35. The molecule has 2 heterocycles. The van der Waals surface area contributed by atoms with Gasteiger partial charge in [0.25, 0.3) is 5.91 Å². The Morgan fingerprint density at radius 2 is 2.07 bits per heavy atom. The van der Waals surface area contributed by atoms with E-state index in [1.54, 1.807) is 6.07 Å². The topological polar surface area (TPSA) is 70.6 Å². The number of hydrogen-bond acceptors (Lipinski definition) is 7. The Morgan fingerprint density at radius 3 is 2.83 bits per heavy atom. The monoisotopic (exact) mass is 449 g/mol. The first-order valence-electron chi connectivity index (χ1n) is 10.0. The number of rotatable bonds is 9. The number of carbonyl (C=O) groups excluding carboxylic acids is 1. The first-order chi connectivity index (χ1) is 14.5. The SMILES string of the molecule is CN(C)c1cc(Cl)nc(SCc2cccc(C(=O)NCCCN3CCOCC3)c2)n1. The fourth-order valence-corrected chi connectivity index (χ4v) is 4.08. The van der Waals surface area contributed by atoms with Crippen molar-refractivity contribution in [2.45, 2.75) is 17.3 Å². The summed E-state index contributed by atoms with van der Waals surface area (Å²) in [5, 5.41) is 4.05. The second-order valence-corrected chi connectivity index (χ2v) is 8.61. The van der Waals surface area contributed by atoms with Crippen LogP contribution < -0.4 is 10.2 Å². The summed E-state index contributed by atoms with van der Waals surface area (Å²) in [6.07, 6.45) is 0.932. The van der Waals surface area contributed by atoms with Crippen LogP contribution in [0.5, 0.6) is 0 Å². The standard InChI is InChI=1S/C21H28ClN5O2S/c1-26(2)19-14-18(22)24-21(25-19)30-15-16-5-3-6-17(13-16)20(28)23-7-4-8-27-9-11-29-12-10-27/h3,5-6,13-14H,4,7-12,15H2,1-2H3,(H,23,28). The van der Waals surface area contributed by atoms with Gasteiger partial charge in [-0.3, -0.25) is 9.69 Å². The maximum atomic E-state index is 12.5. The minimum Gasteiger partial charge on any atom is -0.379 e. The highest BCUT2D eigenvalue weighted by Crippen LogP contribution is 2.24. The molecule has 0 unspecified atom stereocenters. The van der Waals surface area contributed by atoms with Crippen molar-refractivity contribution in [1.29, 1.82) is 0 Å². The van der Waals surface area contributed by atoms with Crippen LogP contribution in [-0.4, -0.2) is 74.3 Å². The molecule has 0 aliphatic carbocycles. The highest BCUT2D eigenvalue weighted by molar-refractivity contribution is 7.98. The van der Waals surface area contributed by atoms with Crippen molar-refractivity contribution in [3.05, 3.63) is 46.6 Å². The quantitative estimate of drug-likeness (QED) is 0.273. The van der Waals surface area contributed by atoms with Gasteiger partial charge in [-0.05, 0) is 30.7 Å². The molecule has 3 rings (SSSR count). The van der Waals surface area contributed by atoms with E-state index in [0.717, 1.165) is 50.7 Å². The van der Waals surface area contributed by atoms with Crippen LogP contribution in [0.15, 0.2) is 35.5 Å². The van der Waals surface area contributed by atoms with Crippen LogP contribution in [0, 0.1) is 0 Å². The number of nitrogens with zero attached hydrogens (tertiary/aromatic N) is 4. The molecule has 7 nitrogen and oxygen atoms in total. The summed E-state index contributed by atoms with van der Waals surface area (Å²) in [5.41, 5.74) is 1.71. The summed E-state index contributed by atoms with van der Waals surface area (Å²) >= 11 is 7.60. The number of halogens is 1. The number of carbonyl (C=O) groups is 1. The van der Waals surface area contributed by atoms with Crippen molar-refractivity contribution in [2.24, 2.45) is 0 Å². The molecule has 30 heavy (non-hydrogen) atoms. The molecule has 2 aromatic rings. The van der Waals surface area contributed by atoms with Gasteiger partial charge in [-0.2, -0.15) is 0 Å². The van der Waals surface area contributed by atoms with E-state index in [1.807, 2.05) is 43.3 Å². The van der Waals surface area contributed by atoms with Crippen LogP contribution in [0.4, 0.5) is 5.82 Å². The van der Waals surface area contributed by atoms with Crippen LogP contribution in [0.25, 0.3) is 0 Å². The van der Waals surface area contributed by atoms with Crippen molar-refractivity contribution in [1.82, 2.24) is 20.2 Å². The average molecular weight is 450 g/mol. The number of ether oxygens (including phenoxy) is 1. The molecule has 1 aromatic heterocycles. The van der Waals surface area contributed by atoms with Crippen molar-refractivity contribution in [3.63, 3.8) is 0 Å². The number of nitrogens with one attached hydrogen (secondary N) is 1. The number of aromatic nitrogens is 2. The lowest BCUT2D eigenvalue weighted by Crippen LogP contribution is -2.38. The fraction of sp³-hybridized carbons (Fsp3) is 0.476. The first-order valence-corrected chi connectivity index (χ1v) is 11.4. The number of amides is 1. The molecule has 1 aromatic carbocycles. The minimum atomic E-state index is -0.0438. The van der Waals surface area contributed by atoms with Gasteiger partial charge in [0.15, 0.2) is 5.16 Å². The molecular weight excluding hydrogens is 422 g/mol. The molecule has 1 fully saturated rings. The van der Waals surface area contributed by atoms with E-state index in [9.17, 15) is 4.79 Å². The third-order valence-corrected chi connectivity index (χ3v) is 5.83. The Morgan fingerprint density at radius 1 is 1.27 bits per heavy atom. The lowest BCUT2D eigenvalue weighted by Gasteiger charge is -2.26. The van der Waals surface area contributed by atoms with E-state index in [1.165, 1.54) is 11.8 Å². The van der Waals surface area contributed by atoms with Gasteiger partial charge >= 0.3 is 0 Å². The van der Waals surface area contributed by atoms with Gasteiger partial charge in [0.2, 0.25) is 0 Å². The molecule has 0 bridgehead atoms. The van der Waals surface area contributed by atoms with E-state index in [2.05, 4.69) is 20.2 Å². The number of thioether (sulfide) groups is 1. The number of hydrogen-bond donors (Lipinski definition) is 1. The van der Waals surface area contributed by atoms with E-state index in [0.29, 0.717) is 28.2 Å². The first kappa shape index (κ1) is 22.8. The average Bonchev–Trinajstić information content (AvgIpc) is 2.75. The van der Waals surface area contributed by atoms with Gasteiger partial charge in [-0.25, -0.2) is 9.97 Å². The Hall–Kier alpha value is -1.87. The van der Waals surface area contributed by atoms with Gasteiger partial charge < -0.3 is 15.0 Å². The third-order valence-electron chi connectivity index (χ3n) is 4.72. The fourth-order valence-electron chi connectivity index (χ4n) is 3.06. The molecule has 1 amide bonds. The van der Waals surface area contributed by atoms with Crippen molar-refractivity contribution >= 4 is 35.1 Å². The van der Waals surface area contributed by atoms with E-state index in [4.69, 9.17) is 16.3 Å². The van der Waals surface area contributed by atoms with Crippen molar-refractivity contribution in [3.8, 4) is 0 Å². The largest absolute Gasteiger partial charge is 0.379 e. The van der Waals surface area contributed by atoms with Crippen LogP contribution in [0.2, 0.25) is 5.15 Å². The van der Waals surface area contributed by atoms with E-state index < -0.39 is 0 Å². The lowest BCUT2D eigenvalue weighted by molar-refractivity contribution is 0.0374. The lowest BCUT2D eigenvalue weighted by atomic mass is 10.1. The molecule has 0 spiro atoms. The number of benzene rings is 1. The minimum absolute atomic E-state index is 0.0438. The molecule has 0 radical (unpaired) electrons. The van der Waals surface area contributed by atoms with Crippen molar-refractivity contribution < 1.29 is 9.53 Å².